The Morgan fingerprint density at radius 1 is 0.226 bits per heavy atom. The van der Waals surface area contributed by atoms with Crippen LogP contribution in [0.2, 0.25) is 0 Å². The van der Waals surface area contributed by atoms with Crippen molar-refractivity contribution in [3.8, 4) is 17.2 Å². The van der Waals surface area contributed by atoms with Crippen molar-refractivity contribution in [3.05, 3.63) is 584 Å². The summed E-state index contributed by atoms with van der Waals surface area (Å²) in [6.07, 6.45) is 24.0. The lowest BCUT2D eigenvalue weighted by atomic mass is 10.1. The van der Waals surface area contributed by atoms with Crippen molar-refractivity contribution in [3.63, 3.8) is 0 Å². The molecule has 680 valence electrons. The fraction of sp³-hybridized carbons (Fsp3) is 0.0250. The minimum absolute atomic E-state index is 0.000562. The molecule has 0 aliphatic rings. The number of carbonyl (C=O) groups excluding carboxylic acids is 7. The topological polar surface area (TPSA) is 147 Å². The minimum atomic E-state index is 0.000562. The van der Waals surface area contributed by atoms with Gasteiger partial charge in [-0.05, 0) is 316 Å². The SMILES string of the molecule is COc1cccc(/C=C/C(=O)c2ccccc2I)c1.O=C(/C=C/c1ccc(OCc2ccccc2)cc1)c1ccccc1I.O=C(/C=C/c1cccc(OCc2ccccc2)c1)c1ccccc1I.O=C(/C=C/c1ccccc1)c1ccc(Br)cc1.O=C(/C=C/c1ccccc1)c1cccc(Br)c1.O=C(/C=C/c1ccccc1)c1ccccc1Br.O=C(/C=C/c1ccccc1)c1ccccc1I. The van der Waals surface area contributed by atoms with E-state index < -0.39 is 0 Å². The Hall–Kier alpha value is -12.9. The van der Waals surface area contributed by atoms with Gasteiger partial charge < -0.3 is 14.2 Å². The molecule has 0 spiro atoms. The van der Waals surface area contributed by atoms with Crippen LogP contribution >= 0.6 is 138 Å². The maximum absolute atomic E-state index is 12.3. The first-order valence-corrected chi connectivity index (χ1v) is 49.6. The number of hydrogen-bond donors (Lipinski definition) is 0. The average Bonchev–Trinajstić information content (AvgIpc) is 0.856. The molecule has 0 atom stereocenters. The molecule has 137 heavy (non-hydrogen) atoms. The predicted molar refractivity (Wildman–Crippen MR) is 606 cm³/mol. The fourth-order valence-corrected chi connectivity index (χ4v) is 16.0. The molecule has 0 fully saturated rings. The van der Waals surface area contributed by atoms with E-state index in [0.717, 1.165) is 117 Å². The van der Waals surface area contributed by atoms with Gasteiger partial charge in [-0.2, -0.15) is 0 Å². The summed E-state index contributed by atoms with van der Waals surface area (Å²) >= 11 is 18.8. The molecule has 0 bridgehead atoms. The number of carbonyl (C=O) groups is 7. The predicted octanol–water partition coefficient (Wildman–Crippen LogP) is 33.0. The standard InChI is InChI=1S/2C22H17IO2.C16H13IO2.3C15H11BrO.C15H11IO/c23-21-12-5-4-11-20(21)22(24)14-13-17-9-6-10-19(15-17)25-16-18-7-2-1-3-8-18;23-21-9-5-4-8-20(21)22(24)15-12-17-10-13-19(14-11-17)25-16-18-6-2-1-3-7-18;1-19-13-6-4-5-12(11-13)9-10-16(18)14-7-2-3-8-15(14)17;16-14-9-5-4-8-13(14)15(17)11-10-12-6-2-1-3-7-12;16-14-8-4-7-13(11-14)15(17)10-9-12-5-2-1-3-6-12;16-14-9-7-13(8-10-14)15(17)11-6-12-4-2-1-3-5-12;16-14-9-5-4-8-13(14)15(17)11-10-12-6-2-1-3-7-12/h2*1-15H,16H2;2-11H,1H3;4*1-11H/b14-13+;15-12+;10-9+;11-10+;10-9+;11-6+;11-10+. The molecule has 10 nitrogen and oxygen atoms in total. The van der Waals surface area contributed by atoms with Gasteiger partial charge in [0.1, 0.15) is 30.5 Å². The largest absolute Gasteiger partial charge is 0.497 e. The molecule has 0 aromatic heterocycles. The van der Waals surface area contributed by atoms with Crippen molar-refractivity contribution < 1.29 is 47.8 Å². The summed E-state index contributed by atoms with van der Waals surface area (Å²) in [5.41, 5.74) is 14.2. The Balaban J connectivity index is 0.000000166. The number of rotatable bonds is 28. The molecule has 16 rings (SSSR count). The molecule has 0 N–H and O–H groups in total. The number of halogens is 7. The van der Waals surface area contributed by atoms with E-state index in [1.165, 1.54) is 0 Å². The van der Waals surface area contributed by atoms with E-state index in [1.54, 1.807) is 55.7 Å². The summed E-state index contributed by atoms with van der Waals surface area (Å²) in [6, 6.07) is 135. The third-order valence-corrected chi connectivity index (χ3v) is 24.9. The van der Waals surface area contributed by atoms with E-state index in [2.05, 4.69) is 138 Å². The van der Waals surface area contributed by atoms with Crippen LogP contribution in [0.4, 0.5) is 0 Å². The second kappa shape index (κ2) is 59.9. The second-order valence-electron chi connectivity index (χ2n) is 29.4. The van der Waals surface area contributed by atoms with Crippen molar-refractivity contribution in [1.29, 1.82) is 0 Å². The summed E-state index contributed by atoms with van der Waals surface area (Å²) in [7, 11) is 1.63. The summed E-state index contributed by atoms with van der Waals surface area (Å²) in [6.45, 7) is 1.07. The zero-order valence-corrected chi connectivity index (χ0v) is 87.5. The Morgan fingerprint density at radius 2 is 0.504 bits per heavy atom. The van der Waals surface area contributed by atoms with Crippen molar-refractivity contribution in [2.24, 2.45) is 0 Å². The lowest BCUT2D eigenvalue weighted by Gasteiger charge is -2.07. The summed E-state index contributed by atoms with van der Waals surface area (Å²) in [4.78, 5) is 84.2. The normalized spacial score (nSPS) is 10.7. The van der Waals surface area contributed by atoms with Crippen molar-refractivity contribution in [2.75, 3.05) is 7.11 Å². The van der Waals surface area contributed by atoms with Gasteiger partial charge >= 0.3 is 0 Å². The third-order valence-electron chi connectivity index (χ3n) is 19.5. The van der Waals surface area contributed by atoms with Gasteiger partial charge in [0.25, 0.3) is 0 Å². The van der Waals surface area contributed by atoms with E-state index in [4.69, 9.17) is 14.2 Å². The number of ether oxygens (including phenoxy) is 3. The van der Waals surface area contributed by atoms with Crippen molar-refractivity contribution in [2.45, 2.75) is 13.2 Å². The van der Waals surface area contributed by atoms with E-state index in [-0.39, 0.29) is 40.5 Å². The number of hydrogen-bond acceptors (Lipinski definition) is 10. The van der Waals surface area contributed by atoms with Crippen LogP contribution in [0.5, 0.6) is 17.2 Å². The Bertz CT molecular complexity index is 6730. The van der Waals surface area contributed by atoms with Crippen LogP contribution in [0.25, 0.3) is 42.5 Å². The van der Waals surface area contributed by atoms with Crippen molar-refractivity contribution in [1.82, 2.24) is 0 Å². The first-order chi connectivity index (χ1) is 66.7. The first kappa shape index (κ1) is 106. The van der Waals surface area contributed by atoms with Gasteiger partial charge in [0.2, 0.25) is 0 Å². The molecular formula is C120H91Br3I4O10. The van der Waals surface area contributed by atoms with Gasteiger partial charge in [-0.25, -0.2) is 0 Å². The van der Waals surface area contributed by atoms with Crippen LogP contribution in [-0.4, -0.2) is 47.6 Å². The van der Waals surface area contributed by atoms with Crippen molar-refractivity contribution >= 4 is 221 Å². The number of benzene rings is 16. The van der Waals surface area contributed by atoms with E-state index >= 15 is 0 Å². The highest BCUT2D eigenvalue weighted by atomic mass is 127. The lowest BCUT2D eigenvalue weighted by molar-refractivity contribution is 0.103. The van der Waals surface area contributed by atoms with Crippen LogP contribution in [0.15, 0.2) is 481 Å². The first-order valence-electron chi connectivity index (χ1n) is 42.9. The van der Waals surface area contributed by atoms with Gasteiger partial charge in [0.15, 0.2) is 40.5 Å². The maximum atomic E-state index is 12.3. The van der Waals surface area contributed by atoms with Crippen LogP contribution in [0.1, 0.15) is 123 Å². The number of allylic oxidation sites excluding steroid dienone is 7. The van der Waals surface area contributed by atoms with Gasteiger partial charge in [0.05, 0.1) is 7.11 Å². The van der Waals surface area contributed by atoms with Gasteiger partial charge in [-0.15, -0.1) is 0 Å². The van der Waals surface area contributed by atoms with Crippen LogP contribution in [0.3, 0.4) is 0 Å². The molecule has 0 aliphatic carbocycles. The molecule has 17 heteroatoms. The Morgan fingerprint density at radius 3 is 0.861 bits per heavy atom. The molecule has 16 aromatic carbocycles. The maximum Gasteiger partial charge on any atom is 0.186 e. The molecular weight excluding hydrogens is 2350 g/mol. The van der Waals surface area contributed by atoms with Crippen LogP contribution in [-0.2, 0) is 13.2 Å². The van der Waals surface area contributed by atoms with E-state index in [1.807, 2.05) is 461 Å². The molecule has 0 amide bonds. The highest BCUT2D eigenvalue weighted by Gasteiger charge is 2.12. The zero-order valence-electron chi connectivity index (χ0n) is 74.1. The Kier molecular flexibility index (Phi) is 46.4. The third kappa shape index (κ3) is 39.0. The quantitative estimate of drug-likeness (QED) is 0.0264. The van der Waals surface area contributed by atoms with E-state index in [9.17, 15) is 33.6 Å². The van der Waals surface area contributed by atoms with Gasteiger partial charge in [0, 0.05) is 66.6 Å². The molecule has 0 saturated heterocycles. The second-order valence-corrected chi connectivity index (χ2v) is 36.7. The molecule has 0 saturated carbocycles. The number of methoxy groups -OCH3 is 1. The fourth-order valence-electron chi connectivity index (χ4n) is 12.3. The molecule has 0 radical (unpaired) electrons. The summed E-state index contributed by atoms with van der Waals surface area (Å²) in [5, 5.41) is 0. The zero-order chi connectivity index (χ0) is 97.0. The smallest absolute Gasteiger partial charge is 0.186 e. The van der Waals surface area contributed by atoms with Crippen LogP contribution < -0.4 is 14.2 Å². The monoisotopic (exact) mass is 2440 g/mol. The lowest BCUT2D eigenvalue weighted by Crippen LogP contribution is -1.97. The molecule has 0 unspecified atom stereocenters. The molecule has 0 aliphatic heterocycles. The highest BCUT2D eigenvalue weighted by molar-refractivity contribution is 14.1. The molecule has 0 heterocycles. The summed E-state index contributed by atoms with van der Waals surface area (Å²) < 4.78 is 23.3. The molecule has 16 aromatic rings. The average molecular weight is 2440 g/mol. The number of ketones is 7. The van der Waals surface area contributed by atoms with Gasteiger partial charge in [-0.1, -0.05) is 382 Å². The Labute approximate surface area is 880 Å². The van der Waals surface area contributed by atoms with Crippen LogP contribution in [0, 0.1) is 14.3 Å². The summed E-state index contributed by atoms with van der Waals surface area (Å²) in [5.74, 6) is 2.46. The minimum Gasteiger partial charge on any atom is -0.497 e. The highest BCUT2D eigenvalue weighted by Crippen LogP contribution is 2.25. The van der Waals surface area contributed by atoms with Gasteiger partial charge in [-0.3, -0.25) is 33.6 Å². The van der Waals surface area contributed by atoms with E-state index in [0.29, 0.717) is 29.9 Å².